The lowest BCUT2D eigenvalue weighted by molar-refractivity contribution is -0.114. The number of carbonyl (C=O) groups excluding carboxylic acids is 1. The van der Waals surface area contributed by atoms with Crippen molar-refractivity contribution < 1.29 is 13.2 Å². The van der Waals surface area contributed by atoms with Crippen LogP contribution in [-0.2, 0) is 14.8 Å². The Kier molecular flexibility index (Phi) is 8.16. The number of hydrogen-bond donors (Lipinski definition) is 1. The van der Waals surface area contributed by atoms with Crippen molar-refractivity contribution in [2.45, 2.75) is 30.0 Å². The number of amides is 1. The summed E-state index contributed by atoms with van der Waals surface area (Å²) in [7, 11) is -4.01. The van der Waals surface area contributed by atoms with Crippen molar-refractivity contribution in [1.29, 1.82) is 0 Å². The minimum atomic E-state index is -4.01. The summed E-state index contributed by atoms with van der Waals surface area (Å²) in [5.74, 6) is 0.881. The maximum Gasteiger partial charge on any atom is 0.264 e. The van der Waals surface area contributed by atoms with Crippen molar-refractivity contribution >= 4 is 61.4 Å². The third-order valence-corrected chi connectivity index (χ3v) is 8.61. The van der Waals surface area contributed by atoms with E-state index in [0.717, 1.165) is 20.0 Å². The van der Waals surface area contributed by atoms with Crippen LogP contribution in [0.5, 0.6) is 0 Å². The van der Waals surface area contributed by atoms with Gasteiger partial charge >= 0.3 is 0 Å². The van der Waals surface area contributed by atoms with Crippen LogP contribution in [0.2, 0.25) is 5.02 Å². The molecule has 0 unspecified atom stereocenters. The van der Waals surface area contributed by atoms with Crippen LogP contribution in [0.1, 0.15) is 19.4 Å². The third-order valence-electron chi connectivity index (χ3n) is 4.17. The molecular formula is C21H23ClN4O3S3. The van der Waals surface area contributed by atoms with Crippen molar-refractivity contribution in [2.75, 3.05) is 21.9 Å². The zero-order chi connectivity index (χ0) is 23.3. The van der Waals surface area contributed by atoms with Gasteiger partial charge in [0.25, 0.3) is 10.0 Å². The van der Waals surface area contributed by atoms with Crippen molar-refractivity contribution in [3.8, 4) is 0 Å². The van der Waals surface area contributed by atoms with Crippen LogP contribution >= 0.6 is 34.7 Å². The molecule has 0 spiro atoms. The average Bonchev–Trinajstić information content (AvgIpc) is 3.18. The minimum absolute atomic E-state index is 0.0412. The Labute approximate surface area is 201 Å². The van der Waals surface area contributed by atoms with Crippen LogP contribution in [0, 0.1) is 12.8 Å². The first-order valence-corrected chi connectivity index (χ1v) is 13.4. The van der Waals surface area contributed by atoms with Crippen LogP contribution in [0.4, 0.5) is 10.8 Å². The molecule has 0 aliphatic heterocycles. The van der Waals surface area contributed by atoms with Crippen molar-refractivity contribution in [3.05, 3.63) is 59.1 Å². The van der Waals surface area contributed by atoms with Crippen molar-refractivity contribution in [1.82, 2.24) is 10.2 Å². The summed E-state index contributed by atoms with van der Waals surface area (Å²) >= 11 is 8.74. The molecule has 0 atom stereocenters. The van der Waals surface area contributed by atoms with Crippen molar-refractivity contribution in [3.63, 3.8) is 0 Å². The highest BCUT2D eigenvalue weighted by Crippen LogP contribution is 2.28. The number of halogens is 1. The summed E-state index contributed by atoms with van der Waals surface area (Å²) in [5, 5.41) is 11.5. The molecular weight excluding hydrogens is 488 g/mol. The van der Waals surface area contributed by atoms with Gasteiger partial charge in [-0.05, 0) is 54.8 Å². The second-order valence-electron chi connectivity index (χ2n) is 7.43. The molecule has 7 nitrogen and oxygen atoms in total. The van der Waals surface area contributed by atoms with Gasteiger partial charge in [-0.1, -0.05) is 60.7 Å². The lowest BCUT2D eigenvalue weighted by Crippen LogP contribution is -2.38. The standard InChI is InChI=1S/C21H23ClN4O3S3/c1-14(2)13-30-21-25-24-20(31-21)23-19(27)12-26(17-6-4-5-15(3)11-17)32(28,29)18-9-7-16(22)8-10-18/h4-11,14H,12-13H2,1-3H3,(H,23,24,27). The first-order chi connectivity index (χ1) is 15.1. The first-order valence-electron chi connectivity index (χ1n) is 9.76. The predicted molar refractivity (Wildman–Crippen MR) is 131 cm³/mol. The topological polar surface area (TPSA) is 92.3 Å². The highest BCUT2D eigenvalue weighted by molar-refractivity contribution is 8.01. The van der Waals surface area contributed by atoms with E-state index in [9.17, 15) is 13.2 Å². The normalized spacial score (nSPS) is 11.5. The summed E-state index contributed by atoms with van der Waals surface area (Å²) in [6, 6.07) is 12.8. The summed E-state index contributed by atoms with van der Waals surface area (Å²) in [6.45, 7) is 5.66. The largest absolute Gasteiger partial charge is 0.299 e. The molecule has 0 bridgehead atoms. The summed E-state index contributed by atoms with van der Waals surface area (Å²) in [5.41, 5.74) is 1.26. The number of nitrogens with zero attached hydrogens (tertiary/aromatic N) is 3. The highest BCUT2D eigenvalue weighted by Gasteiger charge is 2.27. The quantitative estimate of drug-likeness (QED) is 0.318. The third kappa shape index (κ3) is 6.44. The van der Waals surface area contributed by atoms with E-state index in [1.54, 1.807) is 30.0 Å². The van der Waals surface area contributed by atoms with E-state index in [2.05, 4.69) is 29.4 Å². The Morgan fingerprint density at radius 3 is 2.56 bits per heavy atom. The fourth-order valence-corrected chi connectivity index (χ4v) is 5.96. The van der Waals surface area contributed by atoms with Gasteiger partial charge in [-0.15, -0.1) is 10.2 Å². The van der Waals surface area contributed by atoms with Crippen LogP contribution in [0.25, 0.3) is 0 Å². The molecule has 32 heavy (non-hydrogen) atoms. The van der Waals surface area contributed by atoms with Crippen molar-refractivity contribution in [2.24, 2.45) is 5.92 Å². The van der Waals surface area contributed by atoms with Crippen LogP contribution in [0.3, 0.4) is 0 Å². The number of hydrogen-bond acceptors (Lipinski definition) is 7. The number of benzene rings is 2. The van der Waals surface area contributed by atoms with E-state index in [-0.39, 0.29) is 4.90 Å². The number of aryl methyl sites for hydroxylation is 1. The minimum Gasteiger partial charge on any atom is -0.299 e. The fraction of sp³-hybridized carbons (Fsp3) is 0.286. The molecule has 0 aliphatic carbocycles. The molecule has 1 amide bonds. The molecule has 170 valence electrons. The van der Waals surface area contributed by atoms with E-state index in [4.69, 9.17) is 11.6 Å². The molecule has 0 aliphatic rings. The number of anilines is 2. The monoisotopic (exact) mass is 510 g/mol. The summed E-state index contributed by atoms with van der Waals surface area (Å²) < 4.78 is 28.6. The van der Waals surface area contributed by atoms with Gasteiger partial charge in [0, 0.05) is 10.8 Å². The predicted octanol–water partition coefficient (Wildman–Crippen LogP) is 5.08. The van der Waals surface area contributed by atoms with Gasteiger partial charge in [0.1, 0.15) is 6.54 Å². The lowest BCUT2D eigenvalue weighted by Gasteiger charge is -2.24. The Morgan fingerprint density at radius 1 is 1.19 bits per heavy atom. The van der Waals surface area contributed by atoms with Gasteiger partial charge < -0.3 is 0 Å². The number of nitrogens with one attached hydrogen (secondary N) is 1. The number of sulfonamides is 1. The smallest absolute Gasteiger partial charge is 0.264 e. The second-order valence-corrected chi connectivity index (χ2v) is 12.0. The van der Waals surface area contributed by atoms with Crippen LogP contribution in [-0.4, -0.2) is 36.8 Å². The molecule has 1 aromatic heterocycles. The Balaban J connectivity index is 1.83. The average molecular weight is 511 g/mol. The van der Waals surface area contributed by atoms with Gasteiger partial charge in [0.15, 0.2) is 4.34 Å². The maximum atomic E-state index is 13.4. The number of carbonyl (C=O) groups is 1. The van der Waals surface area contributed by atoms with Gasteiger partial charge in [-0.2, -0.15) is 0 Å². The first kappa shape index (κ1) is 24.5. The number of thioether (sulfide) groups is 1. The summed E-state index contributed by atoms with van der Waals surface area (Å²) in [6.07, 6.45) is 0. The highest BCUT2D eigenvalue weighted by atomic mass is 35.5. The molecule has 0 radical (unpaired) electrons. The zero-order valence-corrected chi connectivity index (χ0v) is 21.0. The van der Waals surface area contributed by atoms with Gasteiger partial charge in [-0.3, -0.25) is 14.4 Å². The Morgan fingerprint density at radius 2 is 1.91 bits per heavy atom. The number of rotatable bonds is 9. The van der Waals surface area contributed by atoms with E-state index >= 15 is 0 Å². The van der Waals surface area contributed by atoms with E-state index in [1.165, 1.54) is 35.6 Å². The molecule has 0 saturated heterocycles. The van der Waals surface area contributed by atoms with Gasteiger partial charge in [0.2, 0.25) is 11.0 Å². The molecule has 3 aromatic rings. The van der Waals surface area contributed by atoms with E-state index in [0.29, 0.717) is 21.8 Å². The lowest BCUT2D eigenvalue weighted by atomic mass is 10.2. The molecule has 1 heterocycles. The molecule has 11 heteroatoms. The molecule has 0 fully saturated rings. The summed E-state index contributed by atoms with van der Waals surface area (Å²) in [4.78, 5) is 12.8. The number of aromatic nitrogens is 2. The van der Waals surface area contributed by atoms with Gasteiger partial charge in [-0.25, -0.2) is 8.42 Å². The molecule has 0 saturated carbocycles. The zero-order valence-electron chi connectivity index (χ0n) is 17.8. The Hall–Kier alpha value is -2.14. The molecule has 2 aromatic carbocycles. The Bertz CT molecular complexity index is 1180. The van der Waals surface area contributed by atoms with E-state index in [1.807, 2.05) is 13.0 Å². The maximum absolute atomic E-state index is 13.4. The van der Waals surface area contributed by atoms with Gasteiger partial charge in [0.05, 0.1) is 10.6 Å². The SMILES string of the molecule is Cc1cccc(N(CC(=O)Nc2nnc(SCC(C)C)s2)S(=O)(=O)c2ccc(Cl)cc2)c1. The fourth-order valence-electron chi connectivity index (χ4n) is 2.68. The van der Waals surface area contributed by atoms with Crippen LogP contribution in [0.15, 0.2) is 57.8 Å². The molecule has 3 rings (SSSR count). The second kappa shape index (κ2) is 10.7. The van der Waals surface area contributed by atoms with E-state index < -0.39 is 22.5 Å². The molecule has 1 N–H and O–H groups in total. The van der Waals surface area contributed by atoms with Crippen LogP contribution < -0.4 is 9.62 Å².